The van der Waals surface area contributed by atoms with Gasteiger partial charge in [-0.15, -0.1) is 0 Å². The first-order valence-electron chi connectivity index (χ1n) is 7.58. The lowest BCUT2D eigenvalue weighted by atomic mass is 9.94. The zero-order chi connectivity index (χ0) is 14.6. The van der Waals surface area contributed by atoms with Crippen LogP contribution in [0.25, 0.3) is 0 Å². The molecule has 3 atom stereocenters. The second-order valence-electron chi connectivity index (χ2n) is 6.20. The summed E-state index contributed by atoms with van der Waals surface area (Å²) in [5, 5.41) is 3.35. The molecule has 0 aromatic heterocycles. The predicted molar refractivity (Wildman–Crippen MR) is 75.6 cm³/mol. The minimum Gasteiger partial charge on any atom is -0.468 e. The van der Waals surface area contributed by atoms with Crippen LogP contribution in [0.5, 0.6) is 0 Å². The summed E-state index contributed by atoms with van der Waals surface area (Å²) < 4.78 is 16.3. The molecule has 0 aliphatic heterocycles. The quantitative estimate of drug-likeness (QED) is 0.721. The van der Waals surface area contributed by atoms with Crippen LogP contribution in [-0.2, 0) is 19.0 Å². The first-order chi connectivity index (χ1) is 9.57. The molecule has 0 heterocycles. The van der Waals surface area contributed by atoms with E-state index < -0.39 is 5.54 Å². The second-order valence-corrected chi connectivity index (χ2v) is 6.20. The zero-order valence-electron chi connectivity index (χ0n) is 12.8. The van der Waals surface area contributed by atoms with Gasteiger partial charge in [0, 0.05) is 13.2 Å². The number of carbonyl (C=O) groups excluding carboxylic acids is 1. The number of ether oxygens (including phenoxy) is 3. The van der Waals surface area contributed by atoms with Crippen molar-refractivity contribution in [2.24, 2.45) is 0 Å². The van der Waals surface area contributed by atoms with Gasteiger partial charge in [0.15, 0.2) is 0 Å². The Hall–Kier alpha value is -0.650. The minimum absolute atomic E-state index is 0.179. The molecule has 0 amide bonds. The van der Waals surface area contributed by atoms with E-state index in [-0.39, 0.29) is 18.2 Å². The van der Waals surface area contributed by atoms with Crippen LogP contribution in [0.4, 0.5) is 0 Å². The molecule has 0 bridgehead atoms. The van der Waals surface area contributed by atoms with E-state index in [9.17, 15) is 4.79 Å². The first-order valence-corrected chi connectivity index (χ1v) is 7.58. The Morgan fingerprint density at radius 3 is 2.50 bits per heavy atom. The van der Waals surface area contributed by atoms with Gasteiger partial charge in [-0.05, 0) is 45.4 Å². The number of hydrogen-bond acceptors (Lipinski definition) is 5. The Balaban J connectivity index is 1.85. The highest BCUT2D eigenvalue weighted by Gasteiger charge is 2.40. The van der Waals surface area contributed by atoms with Gasteiger partial charge in [0.1, 0.15) is 5.54 Å². The van der Waals surface area contributed by atoms with E-state index in [4.69, 9.17) is 14.2 Å². The van der Waals surface area contributed by atoms with Crippen molar-refractivity contribution in [3.8, 4) is 0 Å². The highest BCUT2D eigenvalue weighted by atomic mass is 16.5. The van der Waals surface area contributed by atoms with E-state index in [1.165, 1.54) is 7.11 Å². The smallest absolute Gasteiger partial charge is 0.328 e. The lowest BCUT2D eigenvalue weighted by Gasteiger charge is -2.33. The van der Waals surface area contributed by atoms with E-state index in [0.717, 1.165) is 38.5 Å². The Bertz CT molecular complexity index is 332. The monoisotopic (exact) mass is 285 g/mol. The third-order valence-corrected chi connectivity index (χ3v) is 4.25. The van der Waals surface area contributed by atoms with Crippen molar-refractivity contribution in [1.82, 2.24) is 5.32 Å². The molecule has 2 saturated carbocycles. The number of methoxy groups -OCH3 is 2. The summed E-state index contributed by atoms with van der Waals surface area (Å²) in [6.07, 6.45) is 6.90. The van der Waals surface area contributed by atoms with Gasteiger partial charge in [0.05, 0.1) is 25.9 Å². The molecule has 5 heteroatoms. The maximum absolute atomic E-state index is 12.0. The van der Waals surface area contributed by atoms with Gasteiger partial charge in [-0.2, -0.15) is 0 Å². The van der Waals surface area contributed by atoms with E-state index >= 15 is 0 Å². The zero-order valence-corrected chi connectivity index (χ0v) is 12.8. The Kier molecular flexibility index (Phi) is 5.41. The Morgan fingerprint density at radius 2 is 1.90 bits per heavy atom. The summed E-state index contributed by atoms with van der Waals surface area (Å²) in [6, 6.07) is 0.431. The summed E-state index contributed by atoms with van der Waals surface area (Å²) in [7, 11) is 3.18. The molecule has 116 valence electrons. The van der Waals surface area contributed by atoms with Gasteiger partial charge in [-0.3, -0.25) is 5.32 Å². The largest absolute Gasteiger partial charge is 0.468 e. The molecule has 0 saturated heterocycles. The maximum Gasteiger partial charge on any atom is 0.328 e. The Labute approximate surface area is 121 Å². The normalized spacial score (nSPS) is 29.8. The van der Waals surface area contributed by atoms with Crippen LogP contribution >= 0.6 is 0 Å². The van der Waals surface area contributed by atoms with Crippen LogP contribution in [0.2, 0.25) is 0 Å². The van der Waals surface area contributed by atoms with Gasteiger partial charge in [-0.1, -0.05) is 0 Å². The lowest BCUT2D eigenvalue weighted by molar-refractivity contribution is -0.152. The summed E-state index contributed by atoms with van der Waals surface area (Å²) in [4.78, 5) is 12.0. The lowest BCUT2D eigenvalue weighted by Crippen LogP contribution is -2.55. The fourth-order valence-electron chi connectivity index (χ4n) is 2.82. The number of hydrogen-bond donors (Lipinski definition) is 1. The molecule has 3 unspecified atom stereocenters. The molecule has 0 radical (unpaired) electrons. The van der Waals surface area contributed by atoms with Gasteiger partial charge in [0.2, 0.25) is 0 Å². The highest BCUT2D eigenvalue weighted by Crippen LogP contribution is 2.26. The number of rotatable bonds is 7. The topological polar surface area (TPSA) is 56.8 Å². The second kappa shape index (κ2) is 6.87. The molecule has 0 aromatic rings. The molecule has 2 aliphatic carbocycles. The van der Waals surface area contributed by atoms with Gasteiger partial charge < -0.3 is 14.2 Å². The standard InChI is InChI=1S/C15H27NO4/c1-15(14(17)19-3,16-11-7-8-11)10-20-13-6-4-5-12(9-13)18-2/h11-13,16H,4-10H2,1-3H3. The predicted octanol–water partition coefficient (Wildman–Crippen LogP) is 1.64. The SMILES string of the molecule is COC(=O)C(C)(COC1CCCC(OC)C1)NC1CC1. The van der Waals surface area contributed by atoms with E-state index in [0.29, 0.717) is 12.6 Å². The summed E-state index contributed by atoms with van der Waals surface area (Å²) in [6.45, 7) is 2.23. The van der Waals surface area contributed by atoms with Crippen LogP contribution < -0.4 is 5.32 Å². The number of esters is 1. The van der Waals surface area contributed by atoms with Gasteiger partial charge in [0.25, 0.3) is 0 Å². The third-order valence-electron chi connectivity index (χ3n) is 4.25. The van der Waals surface area contributed by atoms with Crippen LogP contribution in [0, 0.1) is 0 Å². The van der Waals surface area contributed by atoms with Crippen LogP contribution in [-0.4, -0.2) is 50.6 Å². The maximum atomic E-state index is 12.0. The average Bonchev–Trinajstić information content (AvgIpc) is 3.28. The first kappa shape index (κ1) is 15.7. The number of nitrogens with one attached hydrogen (secondary N) is 1. The van der Waals surface area contributed by atoms with Crippen molar-refractivity contribution < 1.29 is 19.0 Å². The van der Waals surface area contributed by atoms with E-state index in [1.54, 1.807) is 7.11 Å². The van der Waals surface area contributed by atoms with Crippen LogP contribution in [0.15, 0.2) is 0 Å². The van der Waals surface area contributed by atoms with Crippen molar-refractivity contribution in [2.75, 3.05) is 20.8 Å². The molecule has 2 rings (SSSR count). The summed E-state index contributed by atoms with van der Waals surface area (Å²) in [5.74, 6) is -0.247. The van der Waals surface area contributed by atoms with Crippen molar-refractivity contribution in [2.45, 2.75) is 69.2 Å². The van der Waals surface area contributed by atoms with Crippen LogP contribution in [0.1, 0.15) is 45.4 Å². The third kappa shape index (κ3) is 4.17. The summed E-state index contributed by atoms with van der Waals surface area (Å²) in [5.41, 5.74) is -0.740. The average molecular weight is 285 g/mol. The fourth-order valence-corrected chi connectivity index (χ4v) is 2.82. The summed E-state index contributed by atoms with van der Waals surface area (Å²) >= 11 is 0. The molecule has 5 nitrogen and oxygen atoms in total. The molecule has 1 N–H and O–H groups in total. The van der Waals surface area contributed by atoms with Crippen molar-refractivity contribution in [3.05, 3.63) is 0 Å². The van der Waals surface area contributed by atoms with Crippen molar-refractivity contribution >= 4 is 5.97 Å². The molecular weight excluding hydrogens is 258 g/mol. The van der Waals surface area contributed by atoms with Crippen molar-refractivity contribution in [1.29, 1.82) is 0 Å². The van der Waals surface area contributed by atoms with Gasteiger partial charge >= 0.3 is 5.97 Å². The molecular formula is C15H27NO4. The minimum atomic E-state index is -0.740. The molecule has 2 aliphatic rings. The fraction of sp³-hybridized carbons (Fsp3) is 0.933. The van der Waals surface area contributed by atoms with Crippen molar-refractivity contribution in [3.63, 3.8) is 0 Å². The number of carbonyl (C=O) groups is 1. The molecule has 20 heavy (non-hydrogen) atoms. The van der Waals surface area contributed by atoms with E-state index in [2.05, 4.69) is 5.32 Å². The van der Waals surface area contributed by atoms with E-state index in [1.807, 2.05) is 6.92 Å². The van der Waals surface area contributed by atoms with Crippen LogP contribution in [0.3, 0.4) is 0 Å². The highest BCUT2D eigenvalue weighted by molar-refractivity contribution is 5.80. The molecule has 2 fully saturated rings. The molecule has 0 spiro atoms. The van der Waals surface area contributed by atoms with Gasteiger partial charge in [-0.25, -0.2) is 4.79 Å². The Morgan fingerprint density at radius 1 is 1.20 bits per heavy atom. The molecule has 0 aromatic carbocycles.